The van der Waals surface area contributed by atoms with Crippen LogP contribution in [0, 0.1) is 5.92 Å². The molecule has 2 aromatic heterocycles. The van der Waals surface area contributed by atoms with Crippen molar-refractivity contribution in [3.63, 3.8) is 0 Å². The lowest BCUT2D eigenvalue weighted by Gasteiger charge is -2.14. The number of nitrogens with one attached hydrogen (secondary N) is 2. The largest absolute Gasteiger partial charge is 0.369 e. The fourth-order valence-electron chi connectivity index (χ4n) is 1.92. The van der Waals surface area contributed by atoms with Crippen LogP contribution >= 0.6 is 11.3 Å². The van der Waals surface area contributed by atoms with Gasteiger partial charge in [0.05, 0.1) is 5.39 Å². The Bertz CT molecular complexity index is 505. The van der Waals surface area contributed by atoms with Crippen LogP contribution in [0.2, 0.25) is 0 Å². The molecule has 0 unspecified atom stereocenters. The van der Waals surface area contributed by atoms with Gasteiger partial charge in [0.25, 0.3) is 0 Å². The Hall–Kier alpha value is -1.36. The number of aromatic nitrogens is 2. The van der Waals surface area contributed by atoms with Crippen molar-refractivity contribution in [2.45, 2.75) is 26.7 Å². The topological polar surface area (TPSA) is 49.8 Å². The maximum Gasteiger partial charge on any atom is 0.225 e. The predicted octanol–water partition coefficient (Wildman–Crippen LogP) is 3.58. The van der Waals surface area contributed by atoms with Gasteiger partial charge in [-0.3, -0.25) is 0 Å². The zero-order chi connectivity index (χ0) is 13.0. The summed E-state index contributed by atoms with van der Waals surface area (Å²) in [5.41, 5.74) is 0. The number of fused-ring (bicyclic) bond motifs is 1. The van der Waals surface area contributed by atoms with Crippen molar-refractivity contribution in [1.29, 1.82) is 0 Å². The number of rotatable bonds is 6. The molecule has 0 bridgehead atoms. The Labute approximate surface area is 112 Å². The molecule has 4 nitrogen and oxygen atoms in total. The average Bonchev–Trinajstić information content (AvgIpc) is 2.87. The van der Waals surface area contributed by atoms with Gasteiger partial charge in [0, 0.05) is 13.6 Å². The third-order valence-corrected chi connectivity index (χ3v) is 4.07. The van der Waals surface area contributed by atoms with Crippen LogP contribution in [0.3, 0.4) is 0 Å². The lowest BCUT2D eigenvalue weighted by Crippen LogP contribution is -2.14. The molecule has 2 N–H and O–H groups in total. The standard InChI is InChI=1S/C13H20N4S/c1-4-9(5-2)8-15-11-10-6-7-18-12(10)17-13(14-3)16-11/h6-7,9H,4-5,8H2,1-3H3,(H2,14,15,16,17). The maximum atomic E-state index is 4.51. The van der Waals surface area contributed by atoms with E-state index in [1.54, 1.807) is 11.3 Å². The first-order valence-electron chi connectivity index (χ1n) is 6.45. The summed E-state index contributed by atoms with van der Waals surface area (Å²) >= 11 is 1.65. The molecule has 98 valence electrons. The highest BCUT2D eigenvalue weighted by Gasteiger charge is 2.09. The Kier molecular flexibility index (Phi) is 4.36. The molecule has 5 heteroatoms. The van der Waals surface area contributed by atoms with Gasteiger partial charge in [-0.05, 0) is 17.4 Å². The van der Waals surface area contributed by atoms with Crippen molar-refractivity contribution in [1.82, 2.24) is 9.97 Å². The fraction of sp³-hybridized carbons (Fsp3) is 0.538. The summed E-state index contributed by atoms with van der Waals surface area (Å²) in [5, 5.41) is 9.65. The quantitative estimate of drug-likeness (QED) is 0.837. The summed E-state index contributed by atoms with van der Waals surface area (Å²) in [6, 6.07) is 2.08. The molecule has 18 heavy (non-hydrogen) atoms. The molecule has 2 heterocycles. The highest BCUT2D eigenvalue weighted by Crippen LogP contribution is 2.26. The van der Waals surface area contributed by atoms with Gasteiger partial charge >= 0.3 is 0 Å². The van der Waals surface area contributed by atoms with Crippen LogP contribution in [-0.2, 0) is 0 Å². The molecule has 0 spiro atoms. The number of hydrogen-bond acceptors (Lipinski definition) is 5. The van der Waals surface area contributed by atoms with Gasteiger partial charge in [-0.1, -0.05) is 26.7 Å². The molecule has 0 radical (unpaired) electrons. The van der Waals surface area contributed by atoms with Crippen molar-refractivity contribution < 1.29 is 0 Å². The summed E-state index contributed by atoms with van der Waals surface area (Å²) in [6.07, 6.45) is 2.39. The van der Waals surface area contributed by atoms with Crippen LogP contribution in [0.25, 0.3) is 10.2 Å². The molecule has 0 aliphatic heterocycles. The van der Waals surface area contributed by atoms with Crippen molar-refractivity contribution in [3.8, 4) is 0 Å². The van der Waals surface area contributed by atoms with E-state index in [9.17, 15) is 0 Å². The van der Waals surface area contributed by atoms with Crippen LogP contribution in [-0.4, -0.2) is 23.6 Å². The second kappa shape index (κ2) is 6.00. The minimum atomic E-state index is 0.678. The highest BCUT2D eigenvalue weighted by atomic mass is 32.1. The van der Waals surface area contributed by atoms with E-state index in [4.69, 9.17) is 0 Å². The van der Waals surface area contributed by atoms with E-state index < -0.39 is 0 Å². The molecule has 2 aromatic rings. The number of hydrogen-bond donors (Lipinski definition) is 2. The van der Waals surface area contributed by atoms with Crippen LogP contribution in [0.5, 0.6) is 0 Å². The average molecular weight is 264 g/mol. The van der Waals surface area contributed by atoms with Gasteiger partial charge in [0.15, 0.2) is 0 Å². The van der Waals surface area contributed by atoms with Gasteiger partial charge in [-0.25, -0.2) is 4.98 Å². The van der Waals surface area contributed by atoms with Crippen LogP contribution in [0.15, 0.2) is 11.4 Å². The molecule has 0 saturated carbocycles. The third kappa shape index (κ3) is 2.72. The molecule has 0 atom stereocenters. The SMILES string of the molecule is CCC(CC)CNc1nc(NC)nc2sccc12. The lowest BCUT2D eigenvalue weighted by atomic mass is 10.0. The first kappa shape index (κ1) is 13.1. The molecular weight excluding hydrogens is 244 g/mol. The normalized spacial score (nSPS) is 11.1. The smallest absolute Gasteiger partial charge is 0.225 e. The van der Waals surface area contributed by atoms with E-state index in [-0.39, 0.29) is 0 Å². The Morgan fingerprint density at radius 3 is 2.72 bits per heavy atom. The van der Waals surface area contributed by atoms with E-state index in [2.05, 4.69) is 45.9 Å². The van der Waals surface area contributed by atoms with E-state index in [0.29, 0.717) is 11.9 Å². The molecule has 0 saturated heterocycles. The second-order valence-electron chi connectivity index (χ2n) is 4.35. The van der Waals surface area contributed by atoms with E-state index >= 15 is 0 Å². The van der Waals surface area contributed by atoms with E-state index in [0.717, 1.165) is 22.6 Å². The van der Waals surface area contributed by atoms with Gasteiger partial charge < -0.3 is 10.6 Å². The minimum absolute atomic E-state index is 0.678. The first-order chi connectivity index (χ1) is 8.78. The predicted molar refractivity (Wildman–Crippen MR) is 79.5 cm³/mol. The molecular formula is C13H20N4S. The van der Waals surface area contributed by atoms with Crippen LogP contribution in [0.1, 0.15) is 26.7 Å². The molecule has 2 rings (SSSR count). The Balaban J connectivity index is 2.22. The summed E-state index contributed by atoms with van der Waals surface area (Å²) in [6.45, 7) is 5.43. The van der Waals surface area contributed by atoms with Crippen molar-refractivity contribution >= 4 is 33.3 Å². The van der Waals surface area contributed by atoms with Crippen LogP contribution < -0.4 is 10.6 Å². The highest BCUT2D eigenvalue weighted by molar-refractivity contribution is 7.16. The summed E-state index contributed by atoms with van der Waals surface area (Å²) in [5.74, 6) is 2.32. The molecule has 0 aromatic carbocycles. The first-order valence-corrected chi connectivity index (χ1v) is 7.33. The Morgan fingerprint density at radius 2 is 2.06 bits per heavy atom. The zero-order valence-electron chi connectivity index (χ0n) is 11.2. The van der Waals surface area contributed by atoms with Crippen molar-refractivity contribution in [3.05, 3.63) is 11.4 Å². The monoisotopic (exact) mass is 264 g/mol. The van der Waals surface area contributed by atoms with Gasteiger partial charge in [-0.2, -0.15) is 4.98 Å². The molecule has 0 aliphatic rings. The minimum Gasteiger partial charge on any atom is -0.369 e. The van der Waals surface area contributed by atoms with Gasteiger partial charge in [0.2, 0.25) is 5.95 Å². The van der Waals surface area contributed by atoms with Gasteiger partial charge in [0.1, 0.15) is 10.6 Å². The Morgan fingerprint density at radius 1 is 1.28 bits per heavy atom. The molecule has 0 aliphatic carbocycles. The number of thiophene rings is 1. The van der Waals surface area contributed by atoms with Crippen molar-refractivity contribution in [2.75, 3.05) is 24.2 Å². The zero-order valence-corrected chi connectivity index (χ0v) is 12.0. The molecule has 0 fully saturated rings. The summed E-state index contributed by atoms with van der Waals surface area (Å²) in [4.78, 5) is 9.97. The van der Waals surface area contributed by atoms with Crippen molar-refractivity contribution in [2.24, 2.45) is 5.92 Å². The van der Waals surface area contributed by atoms with Crippen LogP contribution in [0.4, 0.5) is 11.8 Å². The summed E-state index contributed by atoms with van der Waals surface area (Å²) in [7, 11) is 1.85. The lowest BCUT2D eigenvalue weighted by molar-refractivity contribution is 0.518. The fourth-order valence-corrected chi connectivity index (χ4v) is 2.68. The molecule has 0 amide bonds. The van der Waals surface area contributed by atoms with E-state index in [1.807, 2.05) is 7.05 Å². The van der Waals surface area contributed by atoms with E-state index in [1.165, 1.54) is 12.8 Å². The number of nitrogens with zero attached hydrogens (tertiary/aromatic N) is 2. The third-order valence-electron chi connectivity index (χ3n) is 3.26. The summed E-state index contributed by atoms with van der Waals surface area (Å²) < 4.78 is 0. The number of anilines is 2. The van der Waals surface area contributed by atoms with Gasteiger partial charge in [-0.15, -0.1) is 11.3 Å². The maximum absolute atomic E-state index is 4.51. The second-order valence-corrected chi connectivity index (χ2v) is 5.24.